The van der Waals surface area contributed by atoms with Gasteiger partial charge >= 0.3 is 0 Å². The Morgan fingerprint density at radius 1 is 1.14 bits per heavy atom. The molecule has 0 aromatic heterocycles. The molecule has 5 nitrogen and oxygen atoms in total. The van der Waals surface area contributed by atoms with Crippen molar-refractivity contribution in [1.82, 2.24) is 0 Å². The first-order valence-electron chi connectivity index (χ1n) is 5.77. The van der Waals surface area contributed by atoms with Gasteiger partial charge in [0.2, 0.25) is 0 Å². The van der Waals surface area contributed by atoms with Crippen molar-refractivity contribution in [1.29, 1.82) is 0 Å². The molecular formula is C13H12Cl2N2O3S. The third-order valence-corrected chi connectivity index (χ3v) is 4.77. The highest BCUT2D eigenvalue weighted by Gasteiger charge is 2.19. The van der Waals surface area contributed by atoms with Gasteiger partial charge in [0.05, 0.1) is 21.4 Å². The molecule has 2 aromatic carbocycles. The van der Waals surface area contributed by atoms with Gasteiger partial charge in [-0.15, -0.1) is 0 Å². The van der Waals surface area contributed by atoms with Gasteiger partial charge in [-0.2, -0.15) is 0 Å². The van der Waals surface area contributed by atoms with E-state index < -0.39 is 10.0 Å². The van der Waals surface area contributed by atoms with Gasteiger partial charge in [-0.05, 0) is 36.8 Å². The van der Waals surface area contributed by atoms with Crippen LogP contribution in [0.25, 0.3) is 0 Å². The van der Waals surface area contributed by atoms with E-state index in [9.17, 15) is 13.5 Å². The molecule has 4 N–H and O–H groups in total. The monoisotopic (exact) mass is 346 g/mol. The Kier molecular flexibility index (Phi) is 4.22. The van der Waals surface area contributed by atoms with E-state index in [-0.39, 0.29) is 32.1 Å². The van der Waals surface area contributed by atoms with Crippen LogP contribution < -0.4 is 10.5 Å². The molecule has 0 aliphatic rings. The Balaban J connectivity index is 2.45. The van der Waals surface area contributed by atoms with Crippen LogP contribution in [0.4, 0.5) is 11.4 Å². The second-order valence-corrected chi connectivity index (χ2v) is 6.90. The smallest absolute Gasteiger partial charge is 0.265 e. The van der Waals surface area contributed by atoms with Gasteiger partial charge in [0.25, 0.3) is 10.0 Å². The molecule has 0 unspecified atom stereocenters. The number of benzene rings is 2. The maximum atomic E-state index is 12.3. The third-order valence-electron chi connectivity index (χ3n) is 2.74. The van der Waals surface area contributed by atoms with Crippen LogP contribution in [0.3, 0.4) is 0 Å². The number of nitrogens with two attached hydrogens (primary N) is 1. The summed E-state index contributed by atoms with van der Waals surface area (Å²) in [6.45, 7) is 1.72. The highest BCUT2D eigenvalue weighted by molar-refractivity contribution is 7.92. The molecule has 0 saturated heterocycles. The van der Waals surface area contributed by atoms with E-state index in [1.807, 2.05) is 0 Å². The summed E-state index contributed by atoms with van der Waals surface area (Å²) >= 11 is 11.7. The summed E-state index contributed by atoms with van der Waals surface area (Å²) in [5.74, 6) is -0.347. The molecule has 0 spiro atoms. The predicted octanol–water partition coefficient (Wildman–Crippen LogP) is 3.39. The van der Waals surface area contributed by atoms with E-state index in [4.69, 9.17) is 28.9 Å². The van der Waals surface area contributed by atoms with Crippen molar-refractivity contribution in [2.45, 2.75) is 11.8 Å². The fourth-order valence-corrected chi connectivity index (χ4v) is 3.40. The number of phenols is 1. The van der Waals surface area contributed by atoms with Gasteiger partial charge in [0.1, 0.15) is 10.6 Å². The lowest BCUT2D eigenvalue weighted by Crippen LogP contribution is -2.13. The molecule has 112 valence electrons. The first kappa shape index (κ1) is 15.8. The summed E-state index contributed by atoms with van der Waals surface area (Å²) in [7, 11) is -3.97. The summed E-state index contributed by atoms with van der Waals surface area (Å²) in [4.78, 5) is -0.230. The van der Waals surface area contributed by atoms with Crippen LogP contribution in [-0.4, -0.2) is 13.5 Å². The summed E-state index contributed by atoms with van der Waals surface area (Å²) < 4.78 is 26.9. The molecule has 21 heavy (non-hydrogen) atoms. The highest BCUT2D eigenvalue weighted by Crippen LogP contribution is 2.33. The fraction of sp³-hybridized carbons (Fsp3) is 0.0769. The summed E-state index contributed by atoms with van der Waals surface area (Å²) in [5, 5.41) is 9.98. The summed E-state index contributed by atoms with van der Waals surface area (Å²) in [5.41, 5.74) is 6.60. The normalized spacial score (nSPS) is 11.4. The Bertz CT molecular complexity index is 784. The van der Waals surface area contributed by atoms with E-state index in [2.05, 4.69) is 4.72 Å². The van der Waals surface area contributed by atoms with Gasteiger partial charge < -0.3 is 10.8 Å². The quantitative estimate of drug-likeness (QED) is 0.742. The Morgan fingerprint density at radius 2 is 1.71 bits per heavy atom. The minimum atomic E-state index is -3.97. The zero-order valence-corrected chi connectivity index (χ0v) is 13.2. The largest absolute Gasteiger partial charge is 0.507 e. The molecule has 0 heterocycles. The first-order chi connectivity index (χ1) is 9.70. The van der Waals surface area contributed by atoms with Crippen LogP contribution in [0.5, 0.6) is 5.75 Å². The number of hydrogen-bond acceptors (Lipinski definition) is 4. The first-order valence-corrected chi connectivity index (χ1v) is 8.01. The maximum absolute atomic E-state index is 12.3. The van der Waals surface area contributed by atoms with Crippen molar-refractivity contribution in [3.63, 3.8) is 0 Å². The van der Waals surface area contributed by atoms with E-state index in [0.717, 1.165) is 0 Å². The molecule has 2 aromatic rings. The zero-order valence-electron chi connectivity index (χ0n) is 10.9. The van der Waals surface area contributed by atoms with Crippen molar-refractivity contribution in [3.8, 4) is 5.75 Å². The Hall–Kier alpha value is -1.63. The lowest BCUT2D eigenvalue weighted by Gasteiger charge is -2.12. The van der Waals surface area contributed by atoms with Gasteiger partial charge in [0.15, 0.2) is 0 Å². The number of nitrogens with one attached hydrogen (secondary N) is 1. The van der Waals surface area contributed by atoms with E-state index in [0.29, 0.717) is 5.56 Å². The van der Waals surface area contributed by atoms with Gasteiger partial charge in [-0.3, -0.25) is 4.72 Å². The SMILES string of the molecule is Cc1ccc(O)c(S(=O)(=O)Nc2cc(Cl)c(N)c(Cl)c2)c1. The molecule has 8 heteroatoms. The molecule has 0 atom stereocenters. The van der Waals surface area contributed by atoms with Gasteiger partial charge in [-0.25, -0.2) is 8.42 Å². The van der Waals surface area contributed by atoms with Crippen molar-refractivity contribution in [2.24, 2.45) is 0 Å². The van der Waals surface area contributed by atoms with Crippen LogP contribution in [0.2, 0.25) is 10.0 Å². The van der Waals surface area contributed by atoms with Crippen molar-refractivity contribution >= 4 is 44.6 Å². The molecule has 0 aliphatic heterocycles. The van der Waals surface area contributed by atoms with Gasteiger partial charge in [0, 0.05) is 0 Å². The van der Waals surface area contributed by atoms with Crippen LogP contribution in [0, 0.1) is 6.92 Å². The number of hydrogen-bond donors (Lipinski definition) is 3. The van der Waals surface area contributed by atoms with Crippen molar-refractivity contribution < 1.29 is 13.5 Å². The van der Waals surface area contributed by atoms with Crippen LogP contribution in [-0.2, 0) is 10.0 Å². The lowest BCUT2D eigenvalue weighted by molar-refractivity contribution is 0.459. The lowest BCUT2D eigenvalue weighted by atomic mass is 10.2. The highest BCUT2D eigenvalue weighted by atomic mass is 35.5. The topological polar surface area (TPSA) is 92.4 Å². The number of aromatic hydroxyl groups is 1. The molecule has 0 aliphatic carbocycles. The molecule has 0 saturated carbocycles. The molecule has 0 amide bonds. The van der Waals surface area contributed by atoms with Crippen LogP contribution in [0.1, 0.15) is 5.56 Å². The number of phenolic OH excluding ortho intramolecular Hbond substituents is 1. The molecular weight excluding hydrogens is 335 g/mol. The summed E-state index contributed by atoms with van der Waals surface area (Å²) in [6, 6.07) is 6.96. The van der Waals surface area contributed by atoms with Crippen LogP contribution >= 0.6 is 23.2 Å². The fourth-order valence-electron chi connectivity index (χ4n) is 1.69. The van der Waals surface area contributed by atoms with E-state index in [1.54, 1.807) is 13.0 Å². The minimum Gasteiger partial charge on any atom is -0.507 e. The number of sulfonamides is 1. The van der Waals surface area contributed by atoms with Gasteiger partial charge in [-0.1, -0.05) is 29.3 Å². The van der Waals surface area contributed by atoms with E-state index >= 15 is 0 Å². The number of halogens is 2. The standard InChI is InChI=1S/C13H12Cl2N2O3S/c1-7-2-3-11(18)12(4-7)21(19,20)17-8-5-9(14)13(16)10(15)6-8/h2-6,17-18H,16H2,1H3. The van der Waals surface area contributed by atoms with E-state index in [1.165, 1.54) is 24.3 Å². The minimum absolute atomic E-state index is 0.133. The molecule has 0 radical (unpaired) electrons. The average Bonchev–Trinajstić information content (AvgIpc) is 2.38. The number of rotatable bonds is 3. The predicted molar refractivity (Wildman–Crippen MR) is 84.5 cm³/mol. The number of anilines is 2. The van der Waals surface area contributed by atoms with Crippen molar-refractivity contribution in [2.75, 3.05) is 10.5 Å². The van der Waals surface area contributed by atoms with Crippen LogP contribution in [0.15, 0.2) is 35.2 Å². The molecule has 0 bridgehead atoms. The second kappa shape index (κ2) is 5.63. The summed E-state index contributed by atoms with van der Waals surface area (Å²) in [6.07, 6.45) is 0. The second-order valence-electron chi connectivity index (χ2n) is 4.43. The average molecular weight is 347 g/mol. The molecule has 2 rings (SSSR count). The molecule has 0 fully saturated rings. The Labute approximate surface area is 132 Å². The number of nitrogen functional groups attached to an aromatic ring is 1. The third kappa shape index (κ3) is 3.34. The van der Waals surface area contributed by atoms with Crippen molar-refractivity contribution in [3.05, 3.63) is 45.9 Å². The number of aryl methyl sites for hydroxylation is 1. The zero-order chi connectivity index (χ0) is 15.8. The Morgan fingerprint density at radius 3 is 2.29 bits per heavy atom. The maximum Gasteiger partial charge on any atom is 0.265 e.